The molecule has 5 rings (SSSR count). The summed E-state index contributed by atoms with van der Waals surface area (Å²) in [5.74, 6) is 2.11. The Morgan fingerprint density at radius 1 is 1.08 bits per heavy atom. The van der Waals surface area contributed by atoms with Crippen LogP contribution in [0.3, 0.4) is 0 Å². The number of fused-ring (bicyclic) bond motifs is 1. The lowest BCUT2D eigenvalue weighted by molar-refractivity contribution is -0.113. The van der Waals surface area contributed by atoms with Gasteiger partial charge in [0, 0.05) is 22.0 Å². The maximum atomic E-state index is 13.9. The molecular weight excluding hydrogens is 534 g/mol. The van der Waals surface area contributed by atoms with Crippen LogP contribution in [0.15, 0.2) is 89.2 Å². The van der Waals surface area contributed by atoms with E-state index in [2.05, 4.69) is 10.6 Å². The van der Waals surface area contributed by atoms with Gasteiger partial charge in [-0.3, -0.25) is 4.79 Å². The first-order valence-corrected chi connectivity index (χ1v) is 13.8. The summed E-state index contributed by atoms with van der Waals surface area (Å²) in [6, 6.07) is 22.1. The van der Waals surface area contributed by atoms with Crippen LogP contribution in [0.2, 0.25) is 5.02 Å². The summed E-state index contributed by atoms with van der Waals surface area (Å²) >= 11 is 7.83. The minimum atomic E-state index is -0.583. The lowest BCUT2D eigenvalue weighted by Crippen LogP contribution is -2.31. The number of amides is 1. The van der Waals surface area contributed by atoms with Crippen LogP contribution >= 0.6 is 23.4 Å². The van der Waals surface area contributed by atoms with E-state index < -0.39 is 6.04 Å². The number of rotatable bonds is 9. The number of thioether (sulfide) groups is 1. The molecule has 0 saturated heterocycles. The Kier molecular flexibility index (Phi) is 8.09. The molecule has 1 unspecified atom stereocenters. The lowest BCUT2D eigenvalue weighted by atomic mass is 9.94. The van der Waals surface area contributed by atoms with E-state index in [1.165, 1.54) is 11.8 Å². The molecule has 1 amide bonds. The molecule has 3 aromatic carbocycles. The minimum absolute atomic E-state index is 0.285. The summed E-state index contributed by atoms with van der Waals surface area (Å²) < 4.78 is 13.2. The van der Waals surface area contributed by atoms with Crippen LogP contribution in [0.4, 0.5) is 11.6 Å². The normalized spacial score (nSPS) is 14.4. The first-order valence-electron chi connectivity index (χ1n) is 12.5. The van der Waals surface area contributed by atoms with Crippen LogP contribution in [0.1, 0.15) is 31.0 Å². The topological polar surface area (TPSA) is 90.3 Å². The van der Waals surface area contributed by atoms with Gasteiger partial charge in [0.25, 0.3) is 5.91 Å². The summed E-state index contributed by atoms with van der Waals surface area (Å²) in [5.41, 5.74) is 3.53. The average molecular weight is 562 g/mol. The third-order valence-corrected chi connectivity index (χ3v) is 7.52. The summed E-state index contributed by atoms with van der Waals surface area (Å²) in [6.07, 6.45) is 0. The number of para-hydroxylation sites is 3. The van der Waals surface area contributed by atoms with E-state index in [0.29, 0.717) is 56.9 Å². The highest BCUT2D eigenvalue weighted by Crippen LogP contribution is 2.41. The third-order valence-electron chi connectivity index (χ3n) is 6.26. The smallest absolute Gasteiger partial charge is 0.255 e. The predicted octanol–water partition coefficient (Wildman–Crippen LogP) is 6.56. The highest BCUT2D eigenvalue weighted by molar-refractivity contribution is 7.98. The first-order chi connectivity index (χ1) is 19.0. The van der Waals surface area contributed by atoms with Gasteiger partial charge >= 0.3 is 0 Å². The maximum absolute atomic E-state index is 13.9. The molecule has 0 bridgehead atoms. The number of ether oxygens (including phenoxy) is 2. The highest BCUT2D eigenvalue weighted by atomic mass is 35.5. The van der Waals surface area contributed by atoms with Crippen LogP contribution in [0.5, 0.6) is 11.5 Å². The van der Waals surface area contributed by atoms with Gasteiger partial charge in [0.2, 0.25) is 11.1 Å². The van der Waals surface area contributed by atoms with Crippen LogP contribution < -0.4 is 20.1 Å². The van der Waals surface area contributed by atoms with Gasteiger partial charge in [0.15, 0.2) is 0 Å². The van der Waals surface area contributed by atoms with Gasteiger partial charge in [-0.05, 0) is 43.7 Å². The van der Waals surface area contributed by atoms with Gasteiger partial charge in [-0.2, -0.15) is 4.98 Å². The Morgan fingerprint density at radius 2 is 1.79 bits per heavy atom. The van der Waals surface area contributed by atoms with E-state index in [1.807, 2.05) is 74.5 Å². The number of aromatic nitrogens is 3. The number of benzene rings is 3. The fourth-order valence-electron chi connectivity index (χ4n) is 4.46. The second-order valence-corrected chi connectivity index (χ2v) is 10.1. The molecule has 1 atom stereocenters. The Bertz CT molecular complexity index is 1540. The number of methoxy groups -OCH3 is 1. The van der Waals surface area contributed by atoms with Crippen molar-refractivity contribution in [1.29, 1.82) is 0 Å². The van der Waals surface area contributed by atoms with E-state index >= 15 is 0 Å². The van der Waals surface area contributed by atoms with Crippen molar-refractivity contribution in [1.82, 2.24) is 14.8 Å². The summed E-state index contributed by atoms with van der Waals surface area (Å²) in [5, 5.41) is 12.4. The quantitative estimate of drug-likeness (QED) is 0.224. The number of halogens is 1. The van der Waals surface area contributed by atoms with Gasteiger partial charge in [-0.25, -0.2) is 4.68 Å². The van der Waals surface area contributed by atoms with Crippen molar-refractivity contribution < 1.29 is 14.3 Å². The molecule has 200 valence electrons. The molecular formula is C29H28ClN5O3S. The van der Waals surface area contributed by atoms with E-state index in [-0.39, 0.29) is 5.91 Å². The molecule has 1 aliphatic rings. The molecule has 10 heteroatoms. The first kappa shape index (κ1) is 26.6. The molecule has 0 saturated carbocycles. The largest absolute Gasteiger partial charge is 0.495 e. The van der Waals surface area contributed by atoms with Crippen molar-refractivity contribution >= 4 is 40.9 Å². The summed E-state index contributed by atoms with van der Waals surface area (Å²) in [7, 11) is 1.57. The number of anilines is 2. The van der Waals surface area contributed by atoms with Crippen LogP contribution in [-0.4, -0.2) is 34.4 Å². The average Bonchev–Trinajstić information content (AvgIpc) is 3.35. The van der Waals surface area contributed by atoms with Gasteiger partial charge in [-0.1, -0.05) is 71.9 Å². The number of carbonyl (C=O) groups is 1. The maximum Gasteiger partial charge on any atom is 0.255 e. The Morgan fingerprint density at radius 3 is 2.56 bits per heavy atom. The monoisotopic (exact) mass is 561 g/mol. The number of carbonyl (C=O) groups excluding carboxylic acids is 1. The summed E-state index contributed by atoms with van der Waals surface area (Å²) in [4.78, 5) is 18.6. The second-order valence-electron chi connectivity index (χ2n) is 8.73. The van der Waals surface area contributed by atoms with Crippen LogP contribution in [0, 0.1) is 0 Å². The zero-order chi connectivity index (χ0) is 27.4. The number of nitrogens with one attached hydrogen (secondary N) is 2. The van der Waals surface area contributed by atoms with Crippen LogP contribution in [0.25, 0.3) is 0 Å². The molecule has 0 fully saturated rings. The number of hydrogen-bond donors (Lipinski definition) is 2. The van der Waals surface area contributed by atoms with E-state index in [9.17, 15) is 4.79 Å². The number of hydrogen-bond acceptors (Lipinski definition) is 7. The molecule has 0 aliphatic carbocycles. The standard InChI is InChI=1S/C29H28ClN5O3S/c1-4-38-23-15-9-6-12-20(23)26-25(27(36)32-22-14-8-10-16-24(22)37-3)18(2)31-28-33-29(34-35(26)28)39-17-19-11-5-7-13-21(19)30/h5-16,26H,4,17H2,1-3H3,(H,32,36)(H,31,33,34). The fraction of sp³-hybridized carbons (Fsp3) is 0.207. The molecule has 8 nitrogen and oxygen atoms in total. The van der Waals surface area contributed by atoms with E-state index in [4.69, 9.17) is 31.2 Å². The van der Waals surface area contributed by atoms with Gasteiger partial charge in [0.05, 0.1) is 25.0 Å². The van der Waals surface area contributed by atoms with Gasteiger partial charge in [-0.15, -0.1) is 5.10 Å². The number of nitrogens with zero attached hydrogens (tertiary/aromatic N) is 3. The Hall–Kier alpha value is -3.95. The zero-order valence-electron chi connectivity index (χ0n) is 21.8. The molecule has 0 spiro atoms. The van der Waals surface area contributed by atoms with E-state index in [1.54, 1.807) is 23.9 Å². The molecule has 2 N–H and O–H groups in total. The van der Waals surface area contributed by atoms with Crippen molar-refractivity contribution in [3.63, 3.8) is 0 Å². The minimum Gasteiger partial charge on any atom is -0.495 e. The van der Waals surface area contributed by atoms with Crippen molar-refractivity contribution in [2.24, 2.45) is 0 Å². The fourth-order valence-corrected chi connectivity index (χ4v) is 5.58. The van der Waals surface area contributed by atoms with Crippen molar-refractivity contribution in [2.45, 2.75) is 30.8 Å². The van der Waals surface area contributed by atoms with E-state index in [0.717, 1.165) is 11.1 Å². The molecule has 4 aromatic rings. The Balaban J connectivity index is 1.54. The van der Waals surface area contributed by atoms with Crippen molar-refractivity contribution in [3.8, 4) is 11.5 Å². The van der Waals surface area contributed by atoms with Crippen molar-refractivity contribution in [2.75, 3.05) is 24.4 Å². The highest BCUT2D eigenvalue weighted by Gasteiger charge is 2.36. The molecule has 1 aromatic heterocycles. The molecule has 0 radical (unpaired) electrons. The lowest BCUT2D eigenvalue weighted by Gasteiger charge is -2.29. The van der Waals surface area contributed by atoms with Gasteiger partial charge in [0.1, 0.15) is 17.5 Å². The van der Waals surface area contributed by atoms with Crippen LogP contribution in [-0.2, 0) is 10.5 Å². The second kappa shape index (κ2) is 11.8. The molecule has 2 heterocycles. The number of allylic oxidation sites excluding steroid dienone is 1. The predicted molar refractivity (Wildman–Crippen MR) is 155 cm³/mol. The summed E-state index contributed by atoms with van der Waals surface area (Å²) in [6.45, 7) is 4.28. The molecule has 39 heavy (non-hydrogen) atoms. The van der Waals surface area contributed by atoms with Crippen molar-refractivity contribution in [3.05, 3.63) is 100 Å². The molecule has 1 aliphatic heterocycles. The third kappa shape index (κ3) is 5.60. The van der Waals surface area contributed by atoms with Gasteiger partial charge < -0.3 is 20.1 Å². The zero-order valence-corrected chi connectivity index (χ0v) is 23.3. The Labute approximate surface area is 236 Å². The SMILES string of the molecule is CCOc1ccccc1C1C(C(=O)Nc2ccccc2OC)=C(C)Nc2nc(SCc3ccccc3Cl)nn21.